The highest BCUT2D eigenvalue weighted by atomic mass is 32.2. The van der Waals surface area contributed by atoms with Crippen LogP contribution in [0.3, 0.4) is 0 Å². The predicted molar refractivity (Wildman–Crippen MR) is 164 cm³/mol. The Kier molecular flexibility index (Phi) is 7.86. The van der Waals surface area contributed by atoms with Crippen LogP contribution in [0, 0.1) is 25.7 Å². The van der Waals surface area contributed by atoms with Crippen molar-refractivity contribution < 1.29 is 17.9 Å². The first-order valence-corrected chi connectivity index (χ1v) is 14.8. The van der Waals surface area contributed by atoms with Crippen LogP contribution in [-0.2, 0) is 12.8 Å². The molecule has 0 amide bonds. The fourth-order valence-electron chi connectivity index (χ4n) is 5.28. The first-order chi connectivity index (χ1) is 20.2. The number of aryl methyl sites for hydroxylation is 3. The van der Waals surface area contributed by atoms with Crippen molar-refractivity contribution in [2.75, 3.05) is 5.75 Å². The molecule has 3 aromatic carbocycles. The molecule has 42 heavy (non-hydrogen) atoms. The van der Waals surface area contributed by atoms with E-state index in [1.54, 1.807) is 23.9 Å². The number of aliphatic imine (C=N–C) groups is 2. The smallest absolute Gasteiger partial charge is 0.406 e. The third kappa shape index (κ3) is 6.57. The van der Waals surface area contributed by atoms with Gasteiger partial charge in [-0.15, -0.1) is 24.9 Å². The molecular weight excluding hydrogens is 557 g/mol. The Bertz CT molecular complexity index is 1690. The lowest BCUT2D eigenvalue weighted by Crippen LogP contribution is -2.28. The minimum Gasteiger partial charge on any atom is -0.406 e. The van der Waals surface area contributed by atoms with Gasteiger partial charge in [0.15, 0.2) is 0 Å². The van der Waals surface area contributed by atoms with E-state index in [2.05, 4.69) is 52.8 Å². The standard InChI is InChI=1S/C33H29F3N4OS/c1-20-4-3-5-21(2)28(20)16-26-19-42-31(26)40-32-38-18-25-15-24(10-13-29(25)39-32)30-14-23(17-37-30)7-6-22-8-11-27(12-9-22)41-33(34,35)36/h3-5,8-15,17-18,23,26H,6-7,16,19H2,1-2H3/b40-31-. The number of allylic oxidation sites excluding steroid dienone is 1. The lowest BCUT2D eigenvalue weighted by atomic mass is 9.93. The van der Waals surface area contributed by atoms with Crippen molar-refractivity contribution in [3.8, 4) is 5.75 Å². The summed E-state index contributed by atoms with van der Waals surface area (Å²) in [6.07, 6.45) is 3.67. The highest BCUT2D eigenvalue weighted by Gasteiger charge is 2.31. The first kappa shape index (κ1) is 28.2. The van der Waals surface area contributed by atoms with E-state index in [9.17, 15) is 13.2 Å². The van der Waals surface area contributed by atoms with E-state index in [1.807, 2.05) is 30.6 Å². The molecule has 0 N–H and O–H groups in total. The van der Waals surface area contributed by atoms with Gasteiger partial charge in [-0.2, -0.15) is 0 Å². The summed E-state index contributed by atoms with van der Waals surface area (Å²) in [6, 6.07) is 18.5. The Hall–Kier alpha value is -3.98. The third-order valence-electron chi connectivity index (χ3n) is 7.65. The van der Waals surface area contributed by atoms with E-state index in [4.69, 9.17) is 9.98 Å². The molecule has 1 aromatic heterocycles. The number of aromatic nitrogens is 2. The summed E-state index contributed by atoms with van der Waals surface area (Å²) < 4.78 is 41.1. The van der Waals surface area contributed by atoms with Crippen LogP contribution in [0.15, 0.2) is 82.9 Å². The van der Waals surface area contributed by atoms with Gasteiger partial charge in [0.25, 0.3) is 5.95 Å². The van der Waals surface area contributed by atoms with E-state index in [0.29, 0.717) is 18.3 Å². The molecule has 3 heterocycles. The summed E-state index contributed by atoms with van der Waals surface area (Å²) in [5, 5.41) is 2.02. The number of thioether (sulfide) groups is 1. The van der Waals surface area contributed by atoms with E-state index in [1.165, 1.54) is 28.8 Å². The maximum absolute atomic E-state index is 12.4. The molecule has 2 unspecified atom stereocenters. The topological polar surface area (TPSA) is 59.7 Å². The molecule has 2 atom stereocenters. The van der Waals surface area contributed by atoms with Crippen LogP contribution in [0.25, 0.3) is 16.6 Å². The Morgan fingerprint density at radius 2 is 1.81 bits per heavy atom. The second-order valence-corrected chi connectivity index (χ2v) is 11.7. The Labute approximate surface area is 246 Å². The molecule has 0 spiro atoms. The number of nitrogens with zero attached hydrogens (tertiary/aromatic N) is 4. The van der Waals surface area contributed by atoms with E-state index in [0.717, 1.165) is 51.4 Å². The maximum Gasteiger partial charge on any atom is 0.573 e. The average Bonchev–Trinajstić information content (AvgIpc) is 3.43. The van der Waals surface area contributed by atoms with Gasteiger partial charge in [0.05, 0.1) is 16.3 Å². The largest absolute Gasteiger partial charge is 0.573 e. The molecule has 9 heteroatoms. The molecule has 0 radical (unpaired) electrons. The maximum atomic E-state index is 12.4. The van der Waals surface area contributed by atoms with Gasteiger partial charge in [0, 0.05) is 40.9 Å². The number of rotatable bonds is 8. The fourth-order valence-corrected chi connectivity index (χ4v) is 6.18. The Morgan fingerprint density at radius 1 is 1.02 bits per heavy atom. The highest BCUT2D eigenvalue weighted by Crippen LogP contribution is 2.35. The summed E-state index contributed by atoms with van der Waals surface area (Å²) in [7, 11) is 0. The molecule has 2 aliphatic rings. The SMILES string of the molecule is Cc1cccc(C)c1CC1CS/C1=N\c1ncc2cc(C3=CC(CCc4ccc(OC(F)(F)F)cc4)C=N3)ccc2n1. The molecule has 4 aromatic rings. The van der Waals surface area contributed by atoms with Gasteiger partial charge in [0.1, 0.15) is 5.75 Å². The number of halogens is 3. The molecule has 1 fully saturated rings. The number of hydrogen-bond acceptors (Lipinski definition) is 6. The van der Waals surface area contributed by atoms with Gasteiger partial charge < -0.3 is 4.74 Å². The van der Waals surface area contributed by atoms with Crippen LogP contribution in [0.4, 0.5) is 19.1 Å². The summed E-state index contributed by atoms with van der Waals surface area (Å²) in [6.45, 7) is 4.34. The summed E-state index contributed by atoms with van der Waals surface area (Å²) in [4.78, 5) is 18.6. The quantitative estimate of drug-likeness (QED) is 0.208. The molecule has 6 rings (SSSR count). The summed E-state index contributed by atoms with van der Waals surface area (Å²) >= 11 is 1.77. The predicted octanol–water partition coefficient (Wildman–Crippen LogP) is 8.46. The summed E-state index contributed by atoms with van der Waals surface area (Å²) in [5.74, 6) is 1.88. The zero-order valence-corrected chi connectivity index (χ0v) is 24.0. The highest BCUT2D eigenvalue weighted by molar-refractivity contribution is 8.16. The Morgan fingerprint density at radius 3 is 2.52 bits per heavy atom. The minimum atomic E-state index is -4.69. The normalized spacial score (nSPS) is 19.3. The van der Waals surface area contributed by atoms with Crippen molar-refractivity contribution in [1.29, 1.82) is 0 Å². The van der Waals surface area contributed by atoms with E-state index < -0.39 is 6.36 Å². The molecule has 1 saturated heterocycles. The van der Waals surface area contributed by atoms with Gasteiger partial charge in [-0.1, -0.05) is 36.4 Å². The van der Waals surface area contributed by atoms with Crippen LogP contribution in [-0.4, -0.2) is 33.3 Å². The number of benzene rings is 3. The van der Waals surface area contributed by atoms with Crippen molar-refractivity contribution in [1.82, 2.24) is 9.97 Å². The second-order valence-electron chi connectivity index (χ2n) is 10.7. The number of hydrogen-bond donors (Lipinski definition) is 0. The van der Waals surface area contributed by atoms with Crippen LogP contribution in [0.2, 0.25) is 0 Å². The van der Waals surface area contributed by atoms with Gasteiger partial charge in [-0.25, -0.2) is 15.0 Å². The second kappa shape index (κ2) is 11.7. The zero-order chi connectivity index (χ0) is 29.3. The number of ether oxygens (including phenoxy) is 1. The third-order valence-corrected chi connectivity index (χ3v) is 8.94. The molecule has 5 nitrogen and oxygen atoms in total. The van der Waals surface area contributed by atoms with Crippen LogP contribution < -0.4 is 4.74 Å². The van der Waals surface area contributed by atoms with Crippen molar-refractivity contribution in [3.63, 3.8) is 0 Å². The van der Waals surface area contributed by atoms with Crippen LogP contribution >= 0.6 is 11.8 Å². The van der Waals surface area contributed by atoms with Gasteiger partial charge in [-0.3, -0.25) is 4.99 Å². The van der Waals surface area contributed by atoms with Gasteiger partial charge in [-0.05, 0) is 85.7 Å². The minimum absolute atomic E-state index is 0.146. The molecule has 0 saturated carbocycles. The Balaban J connectivity index is 1.09. The van der Waals surface area contributed by atoms with Crippen molar-refractivity contribution in [2.45, 2.75) is 39.5 Å². The first-order valence-electron chi connectivity index (χ1n) is 13.8. The van der Waals surface area contributed by atoms with Crippen LogP contribution in [0.5, 0.6) is 5.75 Å². The van der Waals surface area contributed by atoms with Crippen LogP contribution in [0.1, 0.15) is 34.2 Å². The van der Waals surface area contributed by atoms with Crippen molar-refractivity contribution >= 4 is 45.6 Å². The fraction of sp³-hybridized carbons (Fsp3) is 0.273. The van der Waals surface area contributed by atoms with Gasteiger partial charge in [0.2, 0.25) is 0 Å². The average molecular weight is 587 g/mol. The molecule has 0 aliphatic carbocycles. The molecular formula is C33H29F3N4OS. The zero-order valence-electron chi connectivity index (χ0n) is 23.2. The lowest BCUT2D eigenvalue weighted by Gasteiger charge is -2.28. The monoisotopic (exact) mass is 586 g/mol. The van der Waals surface area contributed by atoms with Gasteiger partial charge >= 0.3 is 6.36 Å². The number of fused-ring (bicyclic) bond motifs is 1. The van der Waals surface area contributed by atoms with Crippen molar-refractivity contribution in [3.05, 3.63) is 101 Å². The summed E-state index contributed by atoms with van der Waals surface area (Å²) in [5.41, 5.74) is 7.71. The molecule has 0 bridgehead atoms. The van der Waals surface area contributed by atoms with E-state index in [-0.39, 0.29) is 11.7 Å². The molecule has 214 valence electrons. The lowest BCUT2D eigenvalue weighted by molar-refractivity contribution is -0.274. The van der Waals surface area contributed by atoms with Crippen molar-refractivity contribution in [2.24, 2.45) is 21.8 Å². The van der Waals surface area contributed by atoms with E-state index >= 15 is 0 Å². The number of alkyl halides is 3. The molecule has 2 aliphatic heterocycles.